The summed E-state index contributed by atoms with van der Waals surface area (Å²) in [6, 6.07) is 6.94. The molecule has 170 valence electrons. The van der Waals surface area contributed by atoms with E-state index in [9.17, 15) is 0 Å². The minimum atomic E-state index is 0.358. The Morgan fingerprint density at radius 1 is 1.03 bits per heavy atom. The van der Waals surface area contributed by atoms with Crippen LogP contribution in [0, 0.1) is 5.92 Å². The van der Waals surface area contributed by atoms with E-state index in [0.29, 0.717) is 6.04 Å². The van der Waals surface area contributed by atoms with Crippen LogP contribution in [-0.4, -0.2) is 68.2 Å². The van der Waals surface area contributed by atoms with Gasteiger partial charge in [-0.3, -0.25) is 18.9 Å². The lowest BCUT2D eigenvalue weighted by Gasteiger charge is -2.40. The fourth-order valence-electron chi connectivity index (χ4n) is 5.45. The van der Waals surface area contributed by atoms with Crippen molar-refractivity contribution in [3.05, 3.63) is 48.0 Å². The first-order valence-electron chi connectivity index (χ1n) is 12.5. The Balaban J connectivity index is 1.27. The van der Waals surface area contributed by atoms with Gasteiger partial charge in [0.05, 0.1) is 17.9 Å². The second-order valence-electron chi connectivity index (χ2n) is 9.87. The Kier molecular flexibility index (Phi) is 5.39. The number of hydrogen-bond donors (Lipinski definition) is 0. The molecule has 1 aliphatic carbocycles. The van der Waals surface area contributed by atoms with Crippen molar-refractivity contribution in [2.24, 2.45) is 5.92 Å². The Labute approximate surface area is 190 Å². The molecule has 3 aromatic rings. The zero-order valence-electron chi connectivity index (χ0n) is 19.2. The average molecular weight is 434 g/mol. The number of imidazole rings is 1. The van der Waals surface area contributed by atoms with Gasteiger partial charge in [0.15, 0.2) is 0 Å². The van der Waals surface area contributed by atoms with Crippen LogP contribution in [0.1, 0.15) is 49.9 Å². The number of rotatable bonds is 7. The molecule has 3 fully saturated rings. The van der Waals surface area contributed by atoms with Crippen molar-refractivity contribution < 1.29 is 0 Å². The summed E-state index contributed by atoms with van der Waals surface area (Å²) in [6.07, 6.45) is 11.9. The highest BCUT2D eigenvalue weighted by Crippen LogP contribution is 2.35. The van der Waals surface area contributed by atoms with E-state index in [1.165, 1.54) is 49.3 Å². The van der Waals surface area contributed by atoms with Crippen molar-refractivity contribution in [2.75, 3.05) is 44.2 Å². The molecular formula is C25H35N7. The van der Waals surface area contributed by atoms with E-state index < -0.39 is 0 Å². The lowest BCUT2D eigenvalue weighted by molar-refractivity contribution is 0.0640. The van der Waals surface area contributed by atoms with Crippen molar-refractivity contribution >= 4 is 11.5 Å². The Bertz CT molecular complexity index is 1060. The normalized spacial score (nSPS) is 22.9. The van der Waals surface area contributed by atoms with Crippen LogP contribution in [0.3, 0.4) is 0 Å². The maximum Gasteiger partial charge on any atom is 0.138 e. The predicted octanol–water partition coefficient (Wildman–Crippen LogP) is 3.42. The van der Waals surface area contributed by atoms with Crippen LogP contribution in [0.25, 0.3) is 5.65 Å². The third-order valence-corrected chi connectivity index (χ3v) is 7.44. The first kappa shape index (κ1) is 20.2. The molecule has 0 aromatic carbocycles. The summed E-state index contributed by atoms with van der Waals surface area (Å²) < 4.78 is 4.36. The van der Waals surface area contributed by atoms with Gasteiger partial charge >= 0.3 is 0 Å². The lowest BCUT2D eigenvalue weighted by atomic mass is 10.1. The molecule has 0 radical (unpaired) electrons. The minimum absolute atomic E-state index is 0.358. The summed E-state index contributed by atoms with van der Waals surface area (Å²) in [7, 11) is 0. The van der Waals surface area contributed by atoms with Gasteiger partial charge in [0, 0.05) is 70.3 Å². The number of anilines is 1. The second-order valence-corrected chi connectivity index (χ2v) is 9.87. The molecule has 3 aromatic heterocycles. The highest BCUT2D eigenvalue weighted by atomic mass is 15.3. The summed E-state index contributed by atoms with van der Waals surface area (Å²) in [4.78, 5) is 13.0. The third kappa shape index (κ3) is 4.04. The first-order chi connectivity index (χ1) is 15.8. The zero-order chi connectivity index (χ0) is 21.5. The van der Waals surface area contributed by atoms with Crippen molar-refractivity contribution in [1.82, 2.24) is 29.0 Å². The van der Waals surface area contributed by atoms with Gasteiger partial charge in [-0.05, 0) is 50.7 Å². The van der Waals surface area contributed by atoms with Gasteiger partial charge < -0.3 is 4.90 Å². The molecule has 5 heterocycles. The molecule has 2 aliphatic heterocycles. The molecule has 32 heavy (non-hydrogen) atoms. The van der Waals surface area contributed by atoms with Crippen molar-refractivity contribution in [1.29, 1.82) is 0 Å². The van der Waals surface area contributed by atoms with Crippen molar-refractivity contribution in [3.63, 3.8) is 0 Å². The van der Waals surface area contributed by atoms with E-state index in [0.717, 1.165) is 57.4 Å². The summed E-state index contributed by atoms with van der Waals surface area (Å²) >= 11 is 0. The minimum Gasteiger partial charge on any atom is -0.358 e. The van der Waals surface area contributed by atoms with Gasteiger partial charge in [0.25, 0.3) is 0 Å². The second kappa shape index (κ2) is 8.52. The molecule has 0 N–H and O–H groups in total. The largest absolute Gasteiger partial charge is 0.358 e. The van der Waals surface area contributed by atoms with E-state index in [2.05, 4.69) is 61.7 Å². The third-order valence-electron chi connectivity index (χ3n) is 7.44. The molecule has 1 atom stereocenters. The van der Waals surface area contributed by atoms with Crippen LogP contribution in [0.4, 0.5) is 5.82 Å². The van der Waals surface area contributed by atoms with Crippen LogP contribution in [0.2, 0.25) is 0 Å². The highest BCUT2D eigenvalue weighted by Gasteiger charge is 2.34. The van der Waals surface area contributed by atoms with Crippen LogP contribution < -0.4 is 4.90 Å². The standard InChI is InChI=1S/C25H35N7/c1-2-31-17-21(14-26-31)15-28-12-13-30(16-20-8-9-20)23(19-28)22-18-32-24(27-22)6-5-7-25(32)29-10-3-4-11-29/h5-7,14,17-18,20,23H,2-4,8-13,15-16,19H2,1H3/t23-/m1/s1. The molecule has 7 nitrogen and oxygen atoms in total. The van der Waals surface area contributed by atoms with E-state index >= 15 is 0 Å². The maximum absolute atomic E-state index is 5.16. The molecule has 6 rings (SSSR count). The van der Waals surface area contributed by atoms with Gasteiger partial charge in [0.1, 0.15) is 11.5 Å². The van der Waals surface area contributed by atoms with E-state index in [1.807, 2.05) is 10.9 Å². The summed E-state index contributed by atoms with van der Waals surface area (Å²) in [5, 5.41) is 4.48. The molecule has 3 aliphatic rings. The predicted molar refractivity (Wildman–Crippen MR) is 127 cm³/mol. The van der Waals surface area contributed by atoms with E-state index in [-0.39, 0.29) is 0 Å². The molecule has 2 saturated heterocycles. The molecule has 0 unspecified atom stereocenters. The Morgan fingerprint density at radius 2 is 1.91 bits per heavy atom. The van der Waals surface area contributed by atoms with Crippen LogP contribution in [0.15, 0.2) is 36.8 Å². The number of hydrogen-bond acceptors (Lipinski definition) is 5. The molecule has 0 bridgehead atoms. The number of nitrogens with zero attached hydrogens (tertiary/aromatic N) is 7. The Morgan fingerprint density at radius 3 is 2.69 bits per heavy atom. The zero-order valence-corrected chi connectivity index (χ0v) is 19.2. The fourth-order valence-corrected chi connectivity index (χ4v) is 5.45. The number of aromatic nitrogens is 4. The molecule has 7 heteroatoms. The topological polar surface area (TPSA) is 44.8 Å². The first-order valence-corrected chi connectivity index (χ1v) is 12.5. The summed E-state index contributed by atoms with van der Waals surface area (Å²) in [6.45, 7) is 10.9. The van der Waals surface area contributed by atoms with Gasteiger partial charge in [-0.15, -0.1) is 0 Å². The SMILES string of the molecule is CCn1cc(CN2CCN(CC3CC3)[C@@H](c3cn4c(N5CCCC5)cccc4n3)C2)cn1. The van der Waals surface area contributed by atoms with Gasteiger partial charge in [-0.25, -0.2) is 4.98 Å². The van der Waals surface area contributed by atoms with Crippen molar-refractivity contribution in [3.8, 4) is 0 Å². The molecule has 0 spiro atoms. The smallest absolute Gasteiger partial charge is 0.138 e. The lowest BCUT2D eigenvalue weighted by Crippen LogP contribution is -2.48. The average Bonchev–Trinajstić information content (AvgIpc) is 3.22. The van der Waals surface area contributed by atoms with Crippen LogP contribution >= 0.6 is 0 Å². The fraction of sp³-hybridized carbons (Fsp3) is 0.600. The quantitative estimate of drug-likeness (QED) is 0.571. The van der Waals surface area contributed by atoms with Gasteiger partial charge in [-0.2, -0.15) is 5.10 Å². The number of aryl methyl sites for hydroxylation is 1. The summed E-state index contributed by atoms with van der Waals surface area (Å²) in [5.41, 5.74) is 3.62. The Hall–Kier alpha value is -2.38. The highest BCUT2D eigenvalue weighted by molar-refractivity contribution is 5.53. The monoisotopic (exact) mass is 433 g/mol. The van der Waals surface area contributed by atoms with Crippen LogP contribution in [-0.2, 0) is 13.1 Å². The van der Waals surface area contributed by atoms with E-state index in [4.69, 9.17) is 4.98 Å². The molecule has 0 amide bonds. The van der Waals surface area contributed by atoms with Crippen LogP contribution in [0.5, 0.6) is 0 Å². The summed E-state index contributed by atoms with van der Waals surface area (Å²) in [5.74, 6) is 2.19. The maximum atomic E-state index is 5.16. The van der Waals surface area contributed by atoms with Gasteiger partial charge in [-0.1, -0.05) is 6.07 Å². The molecular weight excluding hydrogens is 398 g/mol. The number of pyridine rings is 1. The van der Waals surface area contributed by atoms with Crippen molar-refractivity contribution in [2.45, 2.75) is 51.7 Å². The number of piperazine rings is 1. The van der Waals surface area contributed by atoms with E-state index in [1.54, 1.807) is 0 Å². The van der Waals surface area contributed by atoms with Gasteiger partial charge in [0.2, 0.25) is 0 Å². The number of fused-ring (bicyclic) bond motifs is 1. The molecule has 1 saturated carbocycles.